The summed E-state index contributed by atoms with van der Waals surface area (Å²) in [6.07, 6.45) is 0.503. The zero-order valence-electron chi connectivity index (χ0n) is 17.7. The number of rotatable bonds is 6. The van der Waals surface area contributed by atoms with E-state index in [9.17, 15) is 9.18 Å². The van der Waals surface area contributed by atoms with Crippen molar-refractivity contribution in [3.05, 3.63) is 59.4 Å². The van der Waals surface area contributed by atoms with Crippen molar-refractivity contribution in [3.63, 3.8) is 0 Å². The second kappa shape index (κ2) is 9.45. The molecule has 7 nitrogen and oxygen atoms in total. The Morgan fingerprint density at radius 3 is 2.55 bits per heavy atom. The van der Waals surface area contributed by atoms with E-state index in [-0.39, 0.29) is 24.3 Å². The molecular formula is C23H26FN3O4. The highest BCUT2D eigenvalue weighted by Gasteiger charge is 2.34. The summed E-state index contributed by atoms with van der Waals surface area (Å²) < 4.78 is 29.7. The van der Waals surface area contributed by atoms with Gasteiger partial charge < -0.3 is 14.2 Å². The van der Waals surface area contributed by atoms with Gasteiger partial charge in [0.25, 0.3) is 5.91 Å². The molecular weight excluding hydrogens is 401 g/mol. The van der Waals surface area contributed by atoms with Crippen molar-refractivity contribution >= 4 is 11.6 Å². The highest BCUT2D eigenvalue weighted by molar-refractivity contribution is 6.05. The number of carbonyl (C=O) groups excluding carboxylic acids is 1. The van der Waals surface area contributed by atoms with Gasteiger partial charge in [-0.05, 0) is 29.8 Å². The molecule has 0 unspecified atom stereocenters. The highest BCUT2D eigenvalue weighted by Crippen LogP contribution is 2.36. The molecule has 2 aromatic rings. The standard InChI is InChI=1S/C23H26FN3O4/c1-29-18-7-8-19(22(13-18)30-2)20-14-21(16-3-5-17(24)6-4-16)27(25-20)23(28)15-26-9-11-31-12-10-26/h3-8,13,21H,9-12,14-15H2,1-2H3/t21-/m1/s1. The number of halogens is 1. The maximum atomic E-state index is 13.5. The lowest BCUT2D eigenvalue weighted by Crippen LogP contribution is -2.43. The molecule has 1 saturated heterocycles. The molecule has 1 amide bonds. The third-order valence-electron chi connectivity index (χ3n) is 5.60. The number of ether oxygens (including phenoxy) is 3. The number of hydrogen-bond donors (Lipinski definition) is 0. The van der Waals surface area contributed by atoms with E-state index in [1.165, 1.54) is 17.1 Å². The smallest absolute Gasteiger partial charge is 0.257 e. The molecule has 31 heavy (non-hydrogen) atoms. The molecule has 0 radical (unpaired) electrons. The minimum absolute atomic E-state index is 0.0984. The SMILES string of the molecule is COc1ccc(C2=NN(C(=O)CN3CCOCC3)[C@@H](c3ccc(F)cc3)C2)c(OC)c1. The molecule has 2 aliphatic heterocycles. The number of hydrazone groups is 1. The molecule has 8 heteroatoms. The van der Waals surface area contributed by atoms with Crippen LogP contribution in [-0.4, -0.2) is 68.6 Å². The van der Waals surface area contributed by atoms with Crippen LogP contribution in [-0.2, 0) is 9.53 Å². The number of hydrogen-bond acceptors (Lipinski definition) is 6. The summed E-state index contributed by atoms with van der Waals surface area (Å²) in [5, 5.41) is 6.23. The molecule has 0 N–H and O–H groups in total. The zero-order chi connectivity index (χ0) is 21.8. The summed E-state index contributed by atoms with van der Waals surface area (Å²) in [7, 11) is 3.19. The van der Waals surface area contributed by atoms with Crippen molar-refractivity contribution in [2.24, 2.45) is 5.10 Å². The Bertz CT molecular complexity index is 958. The molecule has 4 rings (SSSR count). The van der Waals surface area contributed by atoms with E-state index in [0.717, 1.165) is 16.8 Å². The summed E-state index contributed by atoms with van der Waals surface area (Å²) in [6.45, 7) is 2.92. The maximum Gasteiger partial charge on any atom is 0.257 e. The van der Waals surface area contributed by atoms with E-state index in [1.54, 1.807) is 32.4 Å². The minimum atomic E-state index is -0.314. The number of carbonyl (C=O) groups is 1. The molecule has 2 aliphatic rings. The second-order valence-electron chi connectivity index (χ2n) is 7.51. The number of nitrogens with zero attached hydrogens (tertiary/aromatic N) is 3. The zero-order valence-corrected chi connectivity index (χ0v) is 17.7. The lowest BCUT2D eigenvalue weighted by Gasteiger charge is -2.29. The Kier molecular flexibility index (Phi) is 6.48. The van der Waals surface area contributed by atoms with E-state index >= 15 is 0 Å². The van der Waals surface area contributed by atoms with Crippen LogP contribution in [0.3, 0.4) is 0 Å². The molecule has 164 valence electrons. The highest BCUT2D eigenvalue weighted by atomic mass is 19.1. The van der Waals surface area contributed by atoms with Gasteiger partial charge in [-0.1, -0.05) is 12.1 Å². The molecule has 0 saturated carbocycles. The van der Waals surface area contributed by atoms with Crippen molar-refractivity contribution in [2.75, 3.05) is 47.1 Å². The Hall–Kier alpha value is -2.97. The Morgan fingerprint density at radius 2 is 1.87 bits per heavy atom. The van der Waals surface area contributed by atoms with Gasteiger partial charge in [0.05, 0.1) is 45.7 Å². The quantitative estimate of drug-likeness (QED) is 0.710. The molecule has 0 spiro atoms. The van der Waals surface area contributed by atoms with Gasteiger partial charge in [-0.15, -0.1) is 0 Å². The lowest BCUT2D eigenvalue weighted by molar-refractivity contribution is -0.135. The predicted octanol–water partition coefficient (Wildman–Crippen LogP) is 2.85. The van der Waals surface area contributed by atoms with E-state index < -0.39 is 0 Å². The number of methoxy groups -OCH3 is 2. The predicted molar refractivity (Wildman–Crippen MR) is 114 cm³/mol. The number of morpholine rings is 1. The minimum Gasteiger partial charge on any atom is -0.497 e. The van der Waals surface area contributed by atoms with Crippen LogP contribution in [0.5, 0.6) is 11.5 Å². The Balaban J connectivity index is 1.64. The van der Waals surface area contributed by atoms with Crippen LogP contribution in [0.2, 0.25) is 0 Å². The van der Waals surface area contributed by atoms with Crippen LogP contribution in [0.15, 0.2) is 47.6 Å². The van der Waals surface area contributed by atoms with E-state index in [4.69, 9.17) is 19.3 Å². The first-order valence-corrected chi connectivity index (χ1v) is 10.3. The molecule has 0 aliphatic carbocycles. The normalized spacial score (nSPS) is 19.3. The third kappa shape index (κ3) is 4.70. The Morgan fingerprint density at radius 1 is 1.13 bits per heavy atom. The van der Waals surface area contributed by atoms with Crippen LogP contribution < -0.4 is 9.47 Å². The van der Waals surface area contributed by atoms with Gasteiger partial charge in [0.15, 0.2) is 0 Å². The Labute approximate surface area is 181 Å². The van der Waals surface area contributed by atoms with Crippen LogP contribution in [0.1, 0.15) is 23.6 Å². The monoisotopic (exact) mass is 427 g/mol. The fourth-order valence-corrected chi connectivity index (χ4v) is 3.91. The van der Waals surface area contributed by atoms with Gasteiger partial charge in [-0.2, -0.15) is 5.10 Å². The van der Waals surface area contributed by atoms with Gasteiger partial charge in [0.1, 0.15) is 17.3 Å². The summed E-state index contributed by atoms with van der Waals surface area (Å²) in [5.41, 5.74) is 2.38. The molecule has 1 fully saturated rings. The summed E-state index contributed by atoms with van der Waals surface area (Å²) in [5.74, 6) is 0.887. The van der Waals surface area contributed by atoms with Gasteiger partial charge in [-0.25, -0.2) is 9.40 Å². The molecule has 1 atom stereocenters. The van der Waals surface area contributed by atoms with E-state index in [0.29, 0.717) is 44.2 Å². The van der Waals surface area contributed by atoms with E-state index in [1.807, 2.05) is 12.1 Å². The van der Waals surface area contributed by atoms with E-state index in [2.05, 4.69) is 4.90 Å². The lowest BCUT2D eigenvalue weighted by atomic mass is 9.97. The second-order valence-corrected chi connectivity index (χ2v) is 7.51. The van der Waals surface area contributed by atoms with Crippen molar-refractivity contribution in [2.45, 2.75) is 12.5 Å². The first-order chi connectivity index (χ1) is 15.1. The average molecular weight is 427 g/mol. The summed E-state index contributed by atoms with van der Waals surface area (Å²) >= 11 is 0. The third-order valence-corrected chi connectivity index (χ3v) is 5.60. The summed E-state index contributed by atoms with van der Waals surface area (Å²) in [4.78, 5) is 15.3. The molecule has 0 bridgehead atoms. The van der Waals surface area contributed by atoms with Crippen LogP contribution in [0.25, 0.3) is 0 Å². The maximum absolute atomic E-state index is 13.5. The van der Waals surface area contributed by atoms with Crippen molar-refractivity contribution < 1.29 is 23.4 Å². The molecule has 2 aromatic carbocycles. The first kappa shape index (κ1) is 21.3. The molecule has 0 aromatic heterocycles. The topological polar surface area (TPSA) is 63.6 Å². The first-order valence-electron chi connectivity index (χ1n) is 10.3. The van der Waals surface area contributed by atoms with Gasteiger partial charge in [-0.3, -0.25) is 9.69 Å². The van der Waals surface area contributed by atoms with Crippen LogP contribution >= 0.6 is 0 Å². The number of benzene rings is 2. The van der Waals surface area contributed by atoms with Crippen molar-refractivity contribution in [1.29, 1.82) is 0 Å². The fraction of sp³-hybridized carbons (Fsp3) is 0.391. The van der Waals surface area contributed by atoms with Crippen molar-refractivity contribution in [3.8, 4) is 11.5 Å². The molecule has 2 heterocycles. The van der Waals surface area contributed by atoms with Crippen molar-refractivity contribution in [1.82, 2.24) is 9.91 Å². The van der Waals surface area contributed by atoms with Gasteiger partial charge in [0.2, 0.25) is 0 Å². The average Bonchev–Trinajstić information content (AvgIpc) is 3.25. The summed E-state index contributed by atoms with van der Waals surface area (Å²) in [6, 6.07) is 11.4. The van der Waals surface area contributed by atoms with Gasteiger partial charge >= 0.3 is 0 Å². The largest absolute Gasteiger partial charge is 0.497 e. The fourth-order valence-electron chi connectivity index (χ4n) is 3.91. The van der Waals surface area contributed by atoms with Gasteiger partial charge in [0, 0.05) is 31.1 Å². The number of amides is 1. The van der Waals surface area contributed by atoms with Crippen LogP contribution in [0.4, 0.5) is 4.39 Å². The van der Waals surface area contributed by atoms with Crippen LogP contribution in [0, 0.1) is 5.82 Å².